The Balaban J connectivity index is 1.96. The summed E-state index contributed by atoms with van der Waals surface area (Å²) in [4.78, 5) is 11.7. The van der Waals surface area contributed by atoms with Crippen LogP contribution >= 0.6 is 0 Å². The normalized spacial score (nSPS) is 11.0. The summed E-state index contributed by atoms with van der Waals surface area (Å²) in [6, 6.07) is 11.0. The topological polar surface area (TPSA) is 84.5 Å². The quantitative estimate of drug-likeness (QED) is 0.840. The highest BCUT2D eigenvalue weighted by Crippen LogP contribution is 2.15. The molecule has 0 radical (unpaired) electrons. The van der Waals surface area contributed by atoms with E-state index in [9.17, 15) is 17.6 Å². The highest BCUT2D eigenvalue weighted by atomic mass is 32.2. The molecule has 8 heteroatoms. The number of rotatable bonds is 6. The lowest BCUT2D eigenvalue weighted by Crippen LogP contribution is -2.32. The molecule has 0 aliphatic rings. The molecule has 2 N–H and O–H groups in total. The fraction of sp³-hybridized carbons (Fsp3) is 0.133. The van der Waals surface area contributed by atoms with Crippen molar-refractivity contribution in [3.8, 4) is 5.75 Å². The molecule has 0 bridgehead atoms. The van der Waals surface area contributed by atoms with Crippen LogP contribution in [-0.2, 0) is 14.8 Å². The third-order valence-corrected chi connectivity index (χ3v) is 4.32. The van der Waals surface area contributed by atoms with Gasteiger partial charge in [0, 0.05) is 5.69 Å². The van der Waals surface area contributed by atoms with Gasteiger partial charge in [0.15, 0.2) is 0 Å². The number of sulfonamides is 1. The molecule has 2 rings (SSSR count). The van der Waals surface area contributed by atoms with Crippen molar-refractivity contribution < 1.29 is 22.3 Å². The lowest BCUT2D eigenvalue weighted by Gasteiger charge is -2.08. The number of nitrogens with one attached hydrogen (secondary N) is 2. The lowest BCUT2D eigenvalue weighted by atomic mass is 10.3. The van der Waals surface area contributed by atoms with E-state index in [0.717, 1.165) is 6.07 Å². The van der Waals surface area contributed by atoms with Crippen LogP contribution in [0, 0.1) is 5.82 Å². The van der Waals surface area contributed by atoms with Crippen molar-refractivity contribution in [1.82, 2.24) is 4.72 Å². The van der Waals surface area contributed by atoms with Gasteiger partial charge in [-0.1, -0.05) is 6.07 Å². The van der Waals surface area contributed by atoms with E-state index in [2.05, 4.69) is 10.0 Å². The number of hydrogen-bond donors (Lipinski definition) is 2. The molecule has 1 amide bonds. The number of ether oxygens (including phenoxy) is 1. The van der Waals surface area contributed by atoms with Crippen molar-refractivity contribution in [2.45, 2.75) is 4.90 Å². The summed E-state index contributed by atoms with van der Waals surface area (Å²) in [7, 11) is -2.35. The van der Waals surface area contributed by atoms with Gasteiger partial charge in [-0.25, -0.2) is 17.5 Å². The van der Waals surface area contributed by atoms with Gasteiger partial charge in [-0.2, -0.15) is 0 Å². The minimum atomic E-state index is -3.82. The molecular formula is C15H15FN2O4S. The van der Waals surface area contributed by atoms with Crippen molar-refractivity contribution in [2.24, 2.45) is 0 Å². The fourth-order valence-corrected chi connectivity index (χ4v) is 2.75. The Morgan fingerprint density at radius 1 is 1.17 bits per heavy atom. The van der Waals surface area contributed by atoms with Gasteiger partial charge in [0.25, 0.3) is 0 Å². The minimum absolute atomic E-state index is 0.0110. The molecule has 2 aromatic rings. The van der Waals surface area contributed by atoms with E-state index in [1.54, 1.807) is 0 Å². The number of carbonyl (C=O) groups excluding carboxylic acids is 1. The van der Waals surface area contributed by atoms with Crippen LogP contribution in [0.25, 0.3) is 0 Å². The second-order valence-electron chi connectivity index (χ2n) is 4.56. The van der Waals surface area contributed by atoms with Crippen molar-refractivity contribution >= 4 is 21.6 Å². The fourth-order valence-electron chi connectivity index (χ4n) is 1.77. The third kappa shape index (κ3) is 4.76. The summed E-state index contributed by atoms with van der Waals surface area (Å²) in [6.07, 6.45) is 0. The van der Waals surface area contributed by atoms with Gasteiger partial charge in [0.2, 0.25) is 15.9 Å². The van der Waals surface area contributed by atoms with Gasteiger partial charge in [-0.15, -0.1) is 0 Å². The Kier molecular flexibility index (Phi) is 5.30. The molecule has 0 atom stereocenters. The number of hydrogen-bond acceptors (Lipinski definition) is 4. The largest absolute Gasteiger partial charge is 0.497 e. The minimum Gasteiger partial charge on any atom is -0.497 e. The number of anilines is 1. The maximum absolute atomic E-state index is 13.0. The molecule has 0 spiro atoms. The van der Waals surface area contributed by atoms with E-state index in [1.165, 1.54) is 49.6 Å². The second kappa shape index (κ2) is 7.21. The first-order chi connectivity index (χ1) is 10.9. The molecular weight excluding hydrogens is 323 g/mol. The molecule has 0 saturated carbocycles. The first-order valence-corrected chi connectivity index (χ1v) is 8.08. The van der Waals surface area contributed by atoms with E-state index >= 15 is 0 Å². The summed E-state index contributed by atoms with van der Waals surface area (Å²) in [5, 5.41) is 2.40. The van der Waals surface area contributed by atoms with E-state index in [-0.39, 0.29) is 10.6 Å². The molecule has 0 aromatic heterocycles. The standard InChI is InChI=1S/C15H15FN2O4S/c1-22-13-5-7-14(8-6-13)23(20,21)17-10-15(19)18-12-4-2-3-11(16)9-12/h2-9,17H,10H2,1H3,(H,18,19). The van der Waals surface area contributed by atoms with Crippen LogP contribution in [0.5, 0.6) is 5.75 Å². The van der Waals surface area contributed by atoms with Gasteiger partial charge in [-0.3, -0.25) is 4.79 Å². The van der Waals surface area contributed by atoms with Crippen LogP contribution in [0.1, 0.15) is 0 Å². The molecule has 0 fully saturated rings. The first kappa shape index (κ1) is 16.9. The summed E-state index contributed by atoms with van der Waals surface area (Å²) in [6.45, 7) is -0.467. The molecule has 6 nitrogen and oxygen atoms in total. The van der Waals surface area contributed by atoms with Gasteiger partial charge in [0.05, 0.1) is 18.6 Å². The number of methoxy groups -OCH3 is 1. The van der Waals surface area contributed by atoms with Crippen molar-refractivity contribution in [2.75, 3.05) is 19.0 Å². The Hall–Kier alpha value is -2.45. The summed E-state index contributed by atoms with van der Waals surface area (Å²) in [5.74, 6) is -0.581. The van der Waals surface area contributed by atoms with Crippen LogP contribution in [0.15, 0.2) is 53.4 Å². The highest BCUT2D eigenvalue weighted by molar-refractivity contribution is 7.89. The molecule has 0 unspecified atom stereocenters. The Morgan fingerprint density at radius 2 is 1.87 bits per heavy atom. The average Bonchev–Trinajstić information content (AvgIpc) is 2.53. The average molecular weight is 338 g/mol. The Labute approximate surface area is 133 Å². The zero-order valence-electron chi connectivity index (χ0n) is 12.2. The van der Waals surface area contributed by atoms with Crippen LogP contribution < -0.4 is 14.8 Å². The molecule has 122 valence electrons. The molecule has 0 aliphatic carbocycles. The monoisotopic (exact) mass is 338 g/mol. The smallest absolute Gasteiger partial charge is 0.241 e. The third-order valence-electron chi connectivity index (χ3n) is 2.90. The summed E-state index contributed by atoms with van der Waals surface area (Å²) in [5.41, 5.74) is 0.249. The summed E-state index contributed by atoms with van der Waals surface area (Å²) < 4.78 is 44.2. The van der Waals surface area contributed by atoms with E-state index in [0.29, 0.717) is 5.75 Å². The van der Waals surface area contributed by atoms with Crippen molar-refractivity contribution in [3.05, 3.63) is 54.3 Å². The van der Waals surface area contributed by atoms with E-state index in [1.807, 2.05) is 0 Å². The highest BCUT2D eigenvalue weighted by Gasteiger charge is 2.15. The molecule has 23 heavy (non-hydrogen) atoms. The van der Waals surface area contributed by atoms with E-state index in [4.69, 9.17) is 4.74 Å². The van der Waals surface area contributed by atoms with Crippen molar-refractivity contribution in [1.29, 1.82) is 0 Å². The number of amides is 1. The van der Waals surface area contributed by atoms with Gasteiger partial charge in [-0.05, 0) is 42.5 Å². The van der Waals surface area contributed by atoms with Gasteiger partial charge >= 0.3 is 0 Å². The number of carbonyl (C=O) groups is 1. The van der Waals surface area contributed by atoms with Crippen LogP contribution in [0.2, 0.25) is 0 Å². The molecule has 0 aliphatic heterocycles. The molecule has 2 aromatic carbocycles. The Morgan fingerprint density at radius 3 is 2.48 bits per heavy atom. The Bertz CT molecular complexity index is 791. The number of benzene rings is 2. The van der Waals surface area contributed by atoms with Crippen LogP contribution in [-0.4, -0.2) is 28.0 Å². The maximum Gasteiger partial charge on any atom is 0.241 e. The second-order valence-corrected chi connectivity index (χ2v) is 6.33. The van der Waals surface area contributed by atoms with Gasteiger partial charge in [0.1, 0.15) is 11.6 Å². The first-order valence-electron chi connectivity index (χ1n) is 6.60. The zero-order chi connectivity index (χ0) is 16.9. The molecule has 0 heterocycles. The zero-order valence-corrected chi connectivity index (χ0v) is 13.1. The predicted molar refractivity (Wildman–Crippen MR) is 83.2 cm³/mol. The van der Waals surface area contributed by atoms with Crippen molar-refractivity contribution in [3.63, 3.8) is 0 Å². The maximum atomic E-state index is 13.0. The van der Waals surface area contributed by atoms with E-state index < -0.39 is 28.3 Å². The van der Waals surface area contributed by atoms with Gasteiger partial charge < -0.3 is 10.1 Å². The number of halogens is 1. The summed E-state index contributed by atoms with van der Waals surface area (Å²) >= 11 is 0. The SMILES string of the molecule is COc1ccc(S(=O)(=O)NCC(=O)Nc2cccc(F)c2)cc1. The lowest BCUT2D eigenvalue weighted by molar-refractivity contribution is -0.115. The molecule has 0 saturated heterocycles. The predicted octanol–water partition coefficient (Wildman–Crippen LogP) is 1.75. The van der Waals surface area contributed by atoms with Crippen LogP contribution in [0.3, 0.4) is 0 Å². The van der Waals surface area contributed by atoms with Crippen LogP contribution in [0.4, 0.5) is 10.1 Å².